The molecule has 2 fully saturated rings. The molecule has 0 spiro atoms. The Bertz CT molecular complexity index is 247. The minimum Gasteiger partial charge on any atom is -0.383 e. The molecule has 1 amide bonds. The SMILES string of the molecule is COCCN(CCN)C(=O)C1C2CCCC21. The zero-order valence-corrected chi connectivity index (χ0v) is 10.0. The van der Waals surface area contributed by atoms with Gasteiger partial charge in [-0.25, -0.2) is 0 Å². The highest BCUT2D eigenvalue weighted by atomic mass is 16.5. The van der Waals surface area contributed by atoms with E-state index in [2.05, 4.69) is 0 Å². The maximum atomic E-state index is 12.2. The number of hydrogen-bond acceptors (Lipinski definition) is 3. The number of carbonyl (C=O) groups is 1. The lowest BCUT2D eigenvalue weighted by Gasteiger charge is -2.22. The number of ether oxygens (including phenoxy) is 1. The van der Waals surface area contributed by atoms with E-state index in [1.807, 2.05) is 4.90 Å². The first-order valence-electron chi connectivity index (χ1n) is 6.27. The van der Waals surface area contributed by atoms with Gasteiger partial charge >= 0.3 is 0 Å². The average molecular weight is 226 g/mol. The van der Waals surface area contributed by atoms with Crippen LogP contribution in [-0.4, -0.2) is 44.2 Å². The Balaban J connectivity index is 1.85. The summed E-state index contributed by atoms with van der Waals surface area (Å²) in [5.74, 6) is 2.01. The average Bonchev–Trinajstić information content (AvgIpc) is 2.77. The highest BCUT2D eigenvalue weighted by Gasteiger charge is 2.57. The fraction of sp³-hybridized carbons (Fsp3) is 0.917. The van der Waals surface area contributed by atoms with Crippen LogP contribution in [0.4, 0.5) is 0 Å². The van der Waals surface area contributed by atoms with E-state index in [-0.39, 0.29) is 0 Å². The van der Waals surface area contributed by atoms with Crippen LogP contribution in [0, 0.1) is 17.8 Å². The highest BCUT2D eigenvalue weighted by Crippen LogP contribution is 2.58. The van der Waals surface area contributed by atoms with Gasteiger partial charge in [0, 0.05) is 32.7 Å². The number of hydrogen-bond donors (Lipinski definition) is 1. The first kappa shape index (κ1) is 11.9. The quantitative estimate of drug-likeness (QED) is 0.716. The van der Waals surface area contributed by atoms with Gasteiger partial charge in [0.1, 0.15) is 0 Å². The molecule has 2 aliphatic rings. The molecule has 0 aromatic rings. The second-order valence-corrected chi connectivity index (χ2v) is 4.89. The molecule has 92 valence electrons. The van der Waals surface area contributed by atoms with Crippen molar-refractivity contribution in [2.45, 2.75) is 19.3 Å². The Morgan fingerprint density at radius 2 is 2.06 bits per heavy atom. The van der Waals surface area contributed by atoms with Gasteiger partial charge in [0.2, 0.25) is 5.91 Å². The first-order valence-corrected chi connectivity index (χ1v) is 6.27. The van der Waals surface area contributed by atoms with E-state index in [0.29, 0.717) is 49.9 Å². The molecule has 4 heteroatoms. The largest absolute Gasteiger partial charge is 0.383 e. The molecular formula is C12H22N2O2. The molecule has 2 atom stereocenters. The van der Waals surface area contributed by atoms with Crippen LogP contribution in [0.3, 0.4) is 0 Å². The van der Waals surface area contributed by atoms with E-state index in [1.54, 1.807) is 7.11 Å². The summed E-state index contributed by atoms with van der Waals surface area (Å²) in [6, 6.07) is 0. The molecule has 0 radical (unpaired) electrons. The Labute approximate surface area is 97.1 Å². The zero-order valence-electron chi connectivity index (χ0n) is 10.0. The molecule has 2 saturated carbocycles. The molecule has 2 aliphatic carbocycles. The van der Waals surface area contributed by atoms with Crippen molar-refractivity contribution in [2.24, 2.45) is 23.5 Å². The summed E-state index contributed by atoms with van der Waals surface area (Å²) in [6.07, 6.45) is 3.82. The van der Waals surface area contributed by atoms with E-state index >= 15 is 0 Å². The van der Waals surface area contributed by atoms with Crippen LogP contribution < -0.4 is 5.73 Å². The molecule has 16 heavy (non-hydrogen) atoms. The standard InChI is InChI=1S/C12H22N2O2/c1-16-8-7-14(6-5-13)12(15)11-9-3-2-4-10(9)11/h9-11H,2-8,13H2,1H3. The summed E-state index contributed by atoms with van der Waals surface area (Å²) in [5.41, 5.74) is 5.54. The number of methoxy groups -OCH3 is 1. The van der Waals surface area contributed by atoms with Gasteiger partial charge in [0.15, 0.2) is 0 Å². The highest BCUT2D eigenvalue weighted by molar-refractivity contribution is 5.82. The maximum Gasteiger partial charge on any atom is 0.226 e. The number of nitrogens with zero attached hydrogens (tertiary/aromatic N) is 1. The minimum absolute atomic E-state index is 0.317. The lowest BCUT2D eigenvalue weighted by Crippen LogP contribution is -2.39. The Morgan fingerprint density at radius 1 is 1.38 bits per heavy atom. The molecule has 0 bridgehead atoms. The molecule has 0 aromatic heterocycles. The second kappa shape index (κ2) is 5.15. The van der Waals surface area contributed by atoms with E-state index in [9.17, 15) is 4.79 Å². The third-order valence-electron chi connectivity index (χ3n) is 3.97. The van der Waals surface area contributed by atoms with Crippen LogP contribution >= 0.6 is 0 Å². The third-order valence-corrected chi connectivity index (χ3v) is 3.97. The summed E-state index contributed by atoms with van der Waals surface area (Å²) in [6.45, 7) is 2.49. The Hall–Kier alpha value is -0.610. The van der Waals surface area contributed by atoms with Crippen molar-refractivity contribution in [3.8, 4) is 0 Å². The summed E-state index contributed by atoms with van der Waals surface area (Å²) < 4.78 is 5.03. The first-order chi connectivity index (χ1) is 7.79. The molecule has 2 unspecified atom stereocenters. The van der Waals surface area contributed by atoms with Crippen LogP contribution in [0.1, 0.15) is 19.3 Å². The van der Waals surface area contributed by atoms with Crippen LogP contribution in [0.25, 0.3) is 0 Å². The maximum absolute atomic E-state index is 12.2. The van der Waals surface area contributed by atoms with Crippen LogP contribution in [0.15, 0.2) is 0 Å². The monoisotopic (exact) mass is 226 g/mol. The van der Waals surface area contributed by atoms with E-state index in [4.69, 9.17) is 10.5 Å². The van der Waals surface area contributed by atoms with Gasteiger partial charge in [-0.2, -0.15) is 0 Å². The second-order valence-electron chi connectivity index (χ2n) is 4.89. The molecule has 0 saturated heterocycles. The predicted molar refractivity (Wildman–Crippen MR) is 61.8 cm³/mol. The number of nitrogens with two attached hydrogens (primary N) is 1. The number of rotatable bonds is 6. The predicted octanol–water partition coefficient (Wildman–Crippen LogP) is 0.466. The van der Waals surface area contributed by atoms with Crippen molar-refractivity contribution in [3.05, 3.63) is 0 Å². The molecular weight excluding hydrogens is 204 g/mol. The van der Waals surface area contributed by atoms with Crippen molar-refractivity contribution < 1.29 is 9.53 Å². The fourth-order valence-corrected chi connectivity index (χ4v) is 3.09. The normalized spacial score (nSPS) is 31.2. The van der Waals surface area contributed by atoms with Gasteiger partial charge < -0.3 is 15.4 Å². The number of fused-ring (bicyclic) bond motifs is 1. The van der Waals surface area contributed by atoms with Crippen molar-refractivity contribution in [1.82, 2.24) is 4.90 Å². The summed E-state index contributed by atoms with van der Waals surface area (Å²) in [5, 5.41) is 0. The smallest absolute Gasteiger partial charge is 0.226 e. The zero-order chi connectivity index (χ0) is 11.5. The van der Waals surface area contributed by atoms with Crippen molar-refractivity contribution in [3.63, 3.8) is 0 Å². The molecule has 2 rings (SSSR count). The molecule has 4 nitrogen and oxygen atoms in total. The van der Waals surface area contributed by atoms with Gasteiger partial charge in [-0.1, -0.05) is 6.42 Å². The van der Waals surface area contributed by atoms with Crippen molar-refractivity contribution in [1.29, 1.82) is 0 Å². The van der Waals surface area contributed by atoms with Gasteiger partial charge in [-0.15, -0.1) is 0 Å². The Kier molecular flexibility index (Phi) is 3.82. The van der Waals surface area contributed by atoms with E-state index in [0.717, 1.165) is 0 Å². The lowest BCUT2D eigenvalue weighted by atomic mass is 10.1. The molecule has 2 N–H and O–H groups in total. The number of carbonyl (C=O) groups excluding carboxylic acids is 1. The summed E-state index contributed by atoms with van der Waals surface area (Å²) >= 11 is 0. The summed E-state index contributed by atoms with van der Waals surface area (Å²) in [4.78, 5) is 14.1. The fourth-order valence-electron chi connectivity index (χ4n) is 3.09. The molecule has 0 aromatic carbocycles. The minimum atomic E-state index is 0.317. The van der Waals surface area contributed by atoms with Gasteiger partial charge in [-0.05, 0) is 24.7 Å². The van der Waals surface area contributed by atoms with Gasteiger partial charge in [0.05, 0.1) is 6.61 Å². The topological polar surface area (TPSA) is 55.6 Å². The van der Waals surface area contributed by atoms with Crippen molar-refractivity contribution in [2.75, 3.05) is 33.4 Å². The third kappa shape index (κ3) is 2.23. The summed E-state index contributed by atoms with van der Waals surface area (Å²) in [7, 11) is 1.66. The van der Waals surface area contributed by atoms with Crippen LogP contribution in [0.5, 0.6) is 0 Å². The van der Waals surface area contributed by atoms with Crippen LogP contribution in [0.2, 0.25) is 0 Å². The van der Waals surface area contributed by atoms with E-state index < -0.39 is 0 Å². The van der Waals surface area contributed by atoms with Crippen LogP contribution in [-0.2, 0) is 9.53 Å². The molecule has 0 aliphatic heterocycles. The Morgan fingerprint density at radius 3 is 2.62 bits per heavy atom. The van der Waals surface area contributed by atoms with Gasteiger partial charge in [0.25, 0.3) is 0 Å². The molecule has 0 heterocycles. The van der Waals surface area contributed by atoms with E-state index in [1.165, 1.54) is 19.3 Å². The van der Waals surface area contributed by atoms with Crippen molar-refractivity contribution >= 4 is 5.91 Å². The lowest BCUT2D eigenvalue weighted by molar-refractivity contribution is -0.134. The van der Waals surface area contributed by atoms with Gasteiger partial charge in [-0.3, -0.25) is 4.79 Å². The number of amides is 1.